The van der Waals surface area contributed by atoms with Crippen molar-refractivity contribution in [1.29, 1.82) is 0 Å². The first-order chi connectivity index (χ1) is 16.2. The van der Waals surface area contributed by atoms with Crippen molar-refractivity contribution in [2.24, 2.45) is 5.92 Å². The smallest absolute Gasteiger partial charge is 1.00 e. The predicted molar refractivity (Wildman–Crippen MR) is 148 cm³/mol. The summed E-state index contributed by atoms with van der Waals surface area (Å²) in [5, 5.41) is 3.15. The van der Waals surface area contributed by atoms with Gasteiger partial charge < -0.3 is 24.8 Å². The van der Waals surface area contributed by atoms with Gasteiger partial charge in [0.1, 0.15) is 0 Å². The molecule has 1 unspecified atom stereocenters. The van der Waals surface area contributed by atoms with Crippen LogP contribution in [0.2, 0.25) is 0 Å². The van der Waals surface area contributed by atoms with Crippen LogP contribution in [0.4, 0.5) is 5.69 Å². The van der Waals surface area contributed by atoms with Gasteiger partial charge in [-0.1, -0.05) is 0 Å². The van der Waals surface area contributed by atoms with E-state index in [2.05, 4.69) is 137 Å². The molecule has 1 aliphatic carbocycles. The molecule has 0 saturated heterocycles. The minimum atomic E-state index is -2.67. The number of anilines is 1. The van der Waals surface area contributed by atoms with Crippen LogP contribution in [0.3, 0.4) is 0 Å². The second kappa shape index (κ2) is 12.9. The van der Waals surface area contributed by atoms with Crippen LogP contribution in [-0.2, 0) is 26.3 Å². The van der Waals surface area contributed by atoms with E-state index in [0.29, 0.717) is 5.92 Å². The normalized spacial score (nSPS) is 15.5. The topological polar surface area (TPSA) is 12.0 Å². The number of hydrogen-bond donors (Lipinski definition) is 1. The molecule has 1 atom stereocenters. The Morgan fingerprint density at radius 2 is 1.17 bits per heavy atom. The fourth-order valence-electron chi connectivity index (χ4n) is 5.30. The van der Waals surface area contributed by atoms with Gasteiger partial charge in [-0.15, -0.1) is 0 Å². The second-order valence-corrected chi connectivity index (χ2v) is 29.6. The summed E-state index contributed by atoms with van der Waals surface area (Å²) in [5.74, 6) is -0.936. The molecule has 1 nitrogen and oxygen atoms in total. The van der Waals surface area contributed by atoms with Crippen LogP contribution in [0.25, 0.3) is 0 Å². The summed E-state index contributed by atoms with van der Waals surface area (Å²) in [4.78, 5) is 0. The second-order valence-electron chi connectivity index (χ2n) is 10.7. The van der Waals surface area contributed by atoms with Crippen LogP contribution in [0.15, 0.2) is 105 Å². The zero-order valence-corrected chi connectivity index (χ0v) is 28.8. The van der Waals surface area contributed by atoms with Crippen molar-refractivity contribution in [1.82, 2.24) is 0 Å². The quantitative estimate of drug-likeness (QED) is 0.375. The molecule has 36 heavy (non-hydrogen) atoms. The number of nitrogens with one attached hydrogen (secondary N) is 1. The maximum absolute atomic E-state index is 4.39. The zero-order chi connectivity index (χ0) is 24.5. The van der Waals surface area contributed by atoms with Crippen LogP contribution < -0.4 is 38.5 Å². The monoisotopic (exact) mass is 702 g/mol. The average Bonchev–Trinajstić information content (AvgIpc) is 3.02. The first kappa shape index (κ1) is 30.8. The molecule has 3 aromatic carbocycles. The number of benzene rings is 3. The van der Waals surface area contributed by atoms with Crippen LogP contribution >= 0.6 is 0 Å². The van der Waals surface area contributed by atoms with Crippen molar-refractivity contribution in [2.45, 2.75) is 53.9 Å². The van der Waals surface area contributed by atoms with Gasteiger partial charge in [-0.3, -0.25) is 0 Å². The number of hydrogen-bond acceptors (Lipinski definition) is 1. The standard InChI is InChI=1S/C12H11Si.C10H14N.C9H13.2ClH.Hf/c1-3-7-11(8-4-1)13-12-9-5-2-6-10-12;1-10(2,3)8-6-4-5-7-9(8)11;1-6-5-7(2)9(4)8(6)3;;;/h1-10,13H;4-7,11H,1-3H3;6H,1-4H3;2*1H;/q;-1;;;;+3/p-2. The number of para-hydroxylation sites is 1. The van der Waals surface area contributed by atoms with E-state index in [4.69, 9.17) is 0 Å². The summed E-state index contributed by atoms with van der Waals surface area (Å²) in [6.07, 6.45) is 0. The molecule has 0 radical (unpaired) electrons. The molecule has 1 N–H and O–H groups in total. The van der Waals surface area contributed by atoms with E-state index < -0.39 is 26.9 Å². The molecule has 0 saturated carbocycles. The molecule has 3 aromatic rings. The summed E-state index contributed by atoms with van der Waals surface area (Å²) < 4.78 is 6.17. The van der Waals surface area contributed by atoms with Crippen molar-refractivity contribution >= 4 is 22.0 Å². The largest absolute Gasteiger partial charge is 1.00 e. The third kappa shape index (κ3) is 6.35. The number of allylic oxidation sites excluding steroid dienone is 4. The number of halogens is 2. The maximum Gasteiger partial charge on any atom is -1.00 e. The molecule has 0 bridgehead atoms. The van der Waals surface area contributed by atoms with Gasteiger partial charge in [0.05, 0.1) is 0 Å². The van der Waals surface area contributed by atoms with Crippen molar-refractivity contribution in [3.63, 3.8) is 0 Å². The molecule has 0 fully saturated rings. The Balaban J connectivity index is 0.00000228. The third-order valence-corrected chi connectivity index (χ3v) is 34.2. The first-order valence-electron chi connectivity index (χ1n) is 12.4. The fourth-order valence-corrected chi connectivity index (χ4v) is 36.2. The molecule has 189 valence electrons. The molecule has 1 aliphatic rings. The van der Waals surface area contributed by atoms with Gasteiger partial charge >= 0.3 is 217 Å². The van der Waals surface area contributed by atoms with Gasteiger partial charge in [-0.2, -0.15) is 0 Å². The molecular weight excluding hydrogens is 664 g/mol. The molecular formula is C31H38Cl2HfNSi. The van der Waals surface area contributed by atoms with E-state index in [-0.39, 0.29) is 30.2 Å². The fraction of sp³-hybridized carbons (Fsp3) is 0.290. The average molecular weight is 702 g/mol. The van der Waals surface area contributed by atoms with Gasteiger partial charge in [0.15, 0.2) is 0 Å². The summed E-state index contributed by atoms with van der Waals surface area (Å²) in [7, 11) is 0. The van der Waals surface area contributed by atoms with Crippen LogP contribution in [0.5, 0.6) is 0 Å². The summed E-state index contributed by atoms with van der Waals surface area (Å²) in [6, 6.07) is 31.9. The predicted octanol–water partition coefficient (Wildman–Crippen LogP) is 0.736. The molecule has 0 heterocycles. The Hall–Kier alpha value is -1.39. The van der Waals surface area contributed by atoms with E-state index in [1.807, 2.05) is 0 Å². The Bertz CT molecular complexity index is 1180. The Kier molecular flexibility index (Phi) is 11.1. The van der Waals surface area contributed by atoms with Crippen molar-refractivity contribution in [3.05, 3.63) is 111 Å². The molecule has 0 amide bonds. The maximum atomic E-state index is 4.39. The third-order valence-electron chi connectivity index (χ3n) is 7.49. The van der Waals surface area contributed by atoms with E-state index in [1.54, 1.807) is 24.8 Å². The van der Waals surface area contributed by atoms with Gasteiger partial charge in [0.25, 0.3) is 0 Å². The molecule has 5 heteroatoms. The van der Waals surface area contributed by atoms with E-state index >= 15 is 0 Å². The van der Waals surface area contributed by atoms with Crippen LogP contribution in [0, 0.1) is 5.92 Å². The number of rotatable bonds is 6. The summed E-state index contributed by atoms with van der Waals surface area (Å²) >= 11 is -2.67. The summed E-state index contributed by atoms with van der Waals surface area (Å²) in [5.41, 5.74) is 7.54. The molecule has 0 aromatic heterocycles. The first-order valence-corrected chi connectivity index (χ1v) is 24.0. The SMILES string of the molecule is CC1=C(C)C(C)[C]([Hf+2]([NH]c2ccccc2C(C)(C)C)[SiH](c2ccccc2)c2ccccc2)=C1C.[Cl-].[Cl-]. The van der Waals surface area contributed by atoms with Crippen molar-refractivity contribution < 1.29 is 45.7 Å². The zero-order valence-electron chi connectivity index (χ0n) is 22.5. The van der Waals surface area contributed by atoms with Crippen LogP contribution in [0.1, 0.15) is 54.0 Å². The molecule has 0 spiro atoms. The van der Waals surface area contributed by atoms with Gasteiger partial charge in [0, 0.05) is 0 Å². The van der Waals surface area contributed by atoms with Gasteiger partial charge in [0.2, 0.25) is 0 Å². The van der Waals surface area contributed by atoms with Crippen LogP contribution in [-0.4, -0.2) is 5.98 Å². The Morgan fingerprint density at radius 3 is 1.61 bits per heavy atom. The van der Waals surface area contributed by atoms with Gasteiger partial charge in [-0.05, 0) is 0 Å². The van der Waals surface area contributed by atoms with Crippen molar-refractivity contribution in [2.75, 3.05) is 3.30 Å². The van der Waals surface area contributed by atoms with E-state index in [0.717, 1.165) is 0 Å². The molecule has 0 aliphatic heterocycles. The Labute approximate surface area is 239 Å². The Morgan fingerprint density at radius 1 is 0.694 bits per heavy atom. The van der Waals surface area contributed by atoms with Crippen molar-refractivity contribution in [3.8, 4) is 0 Å². The minimum absolute atomic E-state index is 0. The minimum Gasteiger partial charge on any atom is -1.00 e. The van der Waals surface area contributed by atoms with Gasteiger partial charge in [-0.25, -0.2) is 0 Å². The molecule has 4 rings (SSSR count). The van der Waals surface area contributed by atoms with E-state index in [9.17, 15) is 0 Å². The van der Waals surface area contributed by atoms with E-state index in [1.165, 1.54) is 16.8 Å². The summed E-state index contributed by atoms with van der Waals surface area (Å²) in [6.45, 7) is 16.5.